The van der Waals surface area contributed by atoms with Crippen molar-refractivity contribution in [2.24, 2.45) is 0 Å². The Morgan fingerprint density at radius 3 is 1.38 bits per heavy atom. The van der Waals surface area contributed by atoms with Crippen LogP contribution >= 0.6 is 0 Å². The largest absolute Gasteiger partial charge is 0.298 e. The highest BCUT2D eigenvalue weighted by Gasteiger charge is 2.04. The maximum atomic E-state index is 11.0. The van der Waals surface area contributed by atoms with Crippen LogP contribution in [0.2, 0.25) is 0 Å². The Kier molecular flexibility index (Phi) is 6.23. The van der Waals surface area contributed by atoms with Crippen molar-refractivity contribution >= 4 is 47.6 Å². The summed E-state index contributed by atoms with van der Waals surface area (Å²) in [6.07, 6.45) is 10.2. The summed E-state index contributed by atoms with van der Waals surface area (Å²) in [6.45, 7) is 4.03. The lowest BCUT2D eigenvalue weighted by molar-refractivity contribution is 0.111. The molecule has 0 bridgehead atoms. The Morgan fingerprint density at radius 2 is 0.969 bits per heavy atom. The molecule has 0 saturated heterocycles. The molecule has 0 amide bonds. The Balaban J connectivity index is 1.74. The molecule has 0 aliphatic rings. The Labute approximate surface area is 188 Å². The van der Waals surface area contributed by atoms with E-state index in [1.54, 1.807) is 0 Å². The number of rotatable bonds is 6. The second kappa shape index (κ2) is 9.40. The number of fused-ring (bicyclic) bond motifs is 1. The van der Waals surface area contributed by atoms with E-state index < -0.39 is 0 Å². The van der Waals surface area contributed by atoms with Gasteiger partial charge in [-0.15, -0.1) is 0 Å². The van der Waals surface area contributed by atoms with Crippen LogP contribution in [0.1, 0.15) is 54.1 Å². The smallest absolute Gasteiger partial charge is 0.150 e. The highest BCUT2D eigenvalue weighted by Crippen LogP contribution is 2.27. The van der Waals surface area contributed by atoms with Crippen molar-refractivity contribution in [1.29, 1.82) is 0 Å². The first-order chi connectivity index (χ1) is 15.6. The van der Waals surface area contributed by atoms with Crippen molar-refractivity contribution in [3.63, 3.8) is 0 Å². The van der Waals surface area contributed by atoms with Gasteiger partial charge < -0.3 is 0 Å². The topological polar surface area (TPSA) is 34.1 Å². The summed E-state index contributed by atoms with van der Waals surface area (Å²) in [7, 11) is 0. The first-order valence-electron chi connectivity index (χ1n) is 10.6. The number of hydrogen-bond donors (Lipinski definition) is 0. The second-order valence-electron chi connectivity index (χ2n) is 7.93. The minimum absolute atomic E-state index is 0.689. The van der Waals surface area contributed by atoms with Gasteiger partial charge in [0.15, 0.2) is 0 Å². The molecule has 0 aromatic heterocycles. The lowest BCUT2D eigenvalue weighted by atomic mass is 9.96. The number of carbonyl (C=O) groups is 2. The fourth-order valence-electron chi connectivity index (χ4n) is 3.96. The third kappa shape index (κ3) is 4.50. The Bertz CT molecular complexity index is 1270. The molecular weight excluding hydrogens is 392 g/mol. The highest BCUT2D eigenvalue weighted by molar-refractivity contribution is 6.00. The predicted molar refractivity (Wildman–Crippen MR) is 135 cm³/mol. The summed E-state index contributed by atoms with van der Waals surface area (Å²) in [5, 5.41) is 2.36. The normalized spacial score (nSPS) is 11.4. The standard InChI is InChI=1S/C30H24O2/c1-21-17-23(19-31)9-11-25(21)13-15-28-7-3-5-27-6-4-8-29(30(27)28)16-14-26-12-10-24(20-32)18-22(26)2/h3-20H,1-2H3. The average Bonchev–Trinajstić information content (AvgIpc) is 2.82. The fraction of sp³-hybridized carbons (Fsp3) is 0.0667. The molecule has 0 atom stereocenters. The monoisotopic (exact) mass is 416 g/mol. The molecule has 0 aliphatic heterocycles. The van der Waals surface area contributed by atoms with Gasteiger partial charge in [-0.25, -0.2) is 0 Å². The Hall–Kier alpha value is -4.04. The van der Waals surface area contributed by atoms with E-state index in [1.807, 2.05) is 50.2 Å². The molecule has 0 spiro atoms. The summed E-state index contributed by atoms with van der Waals surface area (Å²) in [4.78, 5) is 22.0. The molecule has 4 aromatic rings. The minimum Gasteiger partial charge on any atom is -0.298 e. The van der Waals surface area contributed by atoms with Gasteiger partial charge >= 0.3 is 0 Å². The van der Waals surface area contributed by atoms with Gasteiger partial charge in [-0.3, -0.25) is 9.59 Å². The molecular formula is C30H24O2. The van der Waals surface area contributed by atoms with Crippen molar-refractivity contribution in [1.82, 2.24) is 0 Å². The number of carbonyl (C=O) groups excluding carboxylic acids is 2. The van der Waals surface area contributed by atoms with Crippen LogP contribution < -0.4 is 0 Å². The lowest BCUT2D eigenvalue weighted by Crippen LogP contribution is -1.87. The van der Waals surface area contributed by atoms with Crippen molar-refractivity contribution in [3.05, 3.63) is 117 Å². The zero-order valence-corrected chi connectivity index (χ0v) is 18.2. The SMILES string of the molecule is Cc1cc(C=O)ccc1C=Cc1cccc2cccc(C=Cc3ccc(C=O)cc3C)c12. The molecule has 32 heavy (non-hydrogen) atoms. The van der Waals surface area contributed by atoms with Crippen LogP contribution in [0.4, 0.5) is 0 Å². The first-order valence-corrected chi connectivity index (χ1v) is 10.6. The molecule has 0 unspecified atom stereocenters. The molecule has 0 N–H and O–H groups in total. The molecule has 0 fully saturated rings. The van der Waals surface area contributed by atoms with Gasteiger partial charge in [0.25, 0.3) is 0 Å². The van der Waals surface area contributed by atoms with E-state index >= 15 is 0 Å². The van der Waals surface area contributed by atoms with E-state index in [-0.39, 0.29) is 0 Å². The first kappa shape index (κ1) is 21.2. The van der Waals surface area contributed by atoms with Crippen LogP contribution in [0.3, 0.4) is 0 Å². The number of aldehydes is 2. The van der Waals surface area contributed by atoms with Crippen LogP contribution in [0.25, 0.3) is 35.1 Å². The van der Waals surface area contributed by atoms with E-state index in [9.17, 15) is 9.59 Å². The van der Waals surface area contributed by atoms with Gasteiger partial charge in [-0.05, 0) is 70.1 Å². The molecule has 156 valence electrons. The van der Waals surface area contributed by atoms with Crippen molar-refractivity contribution in [3.8, 4) is 0 Å². The van der Waals surface area contributed by atoms with E-state index in [4.69, 9.17) is 0 Å². The van der Waals surface area contributed by atoms with Gasteiger partial charge in [-0.2, -0.15) is 0 Å². The van der Waals surface area contributed by atoms with Crippen molar-refractivity contribution in [2.75, 3.05) is 0 Å². The van der Waals surface area contributed by atoms with Crippen LogP contribution in [-0.2, 0) is 0 Å². The van der Waals surface area contributed by atoms with Gasteiger partial charge in [0, 0.05) is 11.1 Å². The lowest BCUT2D eigenvalue weighted by Gasteiger charge is -2.08. The van der Waals surface area contributed by atoms with E-state index in [0.29, 0.717) is 11.1 Å². The molecule has 2 heteroatoms. The summed E-state index contributed by atoms with van der Waals surface area (Å²) >= 11 is 0. The zero-order valence-electron chi connectivity index (χ0n) is 18.2. The molecule has 0 heterocycles. The number of hydrogen-bond acceptors (Lipinski definition) is 2. The zero-order chi connectivity index (χ0) is 22.5. The van der Waals surface area contributed by atoms with Crippen LogP contribution in [-0.4, -0.2) is 12.6 Å². The molecule has 0 radical (unpaired) electrons. The highest BCUT2D eigenvalue weighted by atomic mass is 16.1. The average molecular weight is 417 g/mol. The van der Waals surface area contributed by atoms with Crippen LogP contribution in [0, 0.1) is 13.8 Å². The third-order valence-electron chi connectivity index (χ3n) is 5.71. The number of aryl methyl sites for hydroxylation is 2. The van der Waals surface area contributed by atoms with Gasteiger partial charge in [0.2, 0.25) is 0 Å². The second-order valence-corrected chi connectivity index (χ2v) is 7.93. The van der Waals surface area contributed by atoms with Gasteiger partial charge in [0.1, 0.15) is 12.6 Å². The van der Waals surface area contributed by atoms with E-state index in [0.717, 1.165) is 46.0 Å². The van der Waals surface area contributed by atoms with E-state index in [2.05, 4.69) is 60.7 Å². The molecule has 0 saturated carbocycles. The van der Waals surface area contributed by atoms with Crippen molar-refractivity contribution in [2.45, 2.75) is 13.8 Å². The maximum Gasteiger partial charge on any atom is 0.150 e. The Morgan fingerprint density at radius 1 is 0.531 bits per heavy atom. The third-order valence-corrected chi connectivity index (χ3v) is 5.71. The van der Waals surface area contributed by atoms with Crippen LogP contribution in [0.5, 0.6) is 0 Å². The fourth-order valence-corrected chi connectivity index (χ4v) is 3.96. The van der Waals surface area contributed by atoms with Crippen LogP contribution in [0.15, 0.2) is 72.8 Å². The summed E-state index contributed by atoms with van der Waals surface area (Å²) in [5.74, 6) is 0. The molecule has 4 rings (SSSR count). The van der Waals surface area contributed by atoms with Gasteiger partial charge in [0.05, 0.1) is 0 Å². The quantitative estimate of drug-likeness (QED) is 0.242. The summed E-state index contributed by atoms with van der Waals surface area (Å²) in [6, 6.07) is 24.1. The predicted octanol–water partition coefficient (Wildman–Crippen LogP) is 7.42. The molecule has 2 nitrogen and oxygen atoms in total. The molecule has 0 aliphatic carbocycles. The number of benzene rings is 4. The van der Waals surface area contributed by atoms with E-state index in [1.165, 1.54) is 10.8 Å². The summed E-state index contributed by atoms with van der Waals surface area (Å²) in [5.41, 5.74) is 7.96. The van der Waals surface area contributed by atoms with Crippen molar-refractivity contribution < 1.29 is 9.59 Å². The summed E-state index contributed by atoms with van der Waals surface area (Å²) < 4.78 is 0. The maximum absolute atomic E-state index is 11.0. The minimum atomic E-state index is 0.689. The molecule has 4 aromatic carbocycles. The van der Waals surface area contributed by atoms with Gasteiger partial charge in [-0.1, -0.05) is 85.0 Å².